The summed E-state index contributed by atoms with van der Waals surface area (Å²) < 4.78 is 40.1. The van der Waals surface area contributed by atoms with Crippen molar-refractivity contribution in [1.29, 1.82) is 0 Å². The number of benzene rings is 2. The largest absolute Gasteiger partial charge is 0.484 e. The molecule has 0 fully saturated rings. The maximum atomic E-state index is 12.4. The number of anilines is 1. The van der Waals surface area contributed by atoms with Crippen LogP contribution in [0.2, 0.25) is 0 Å². The molecule has 0 radical (unpaired) electrons. The summed E-state index contributed by atoms with van der Waals surface area (Å²) in [4.78, 5) is 16.1. The van der Waals surface area contributed by atoms with E-state index in [2.05, 4.69) is 15.0 Å². The number of para-hydroxylation sites is 2. The Morgan fingerprint density at radius 1 is 0.964 bits per heavy atom. The fourth-order valence-electron chi connectivity index (χ4n) is 2.24. The number of ether oxygens (including phenoxy) is 3. The lowest BCUT2D eigenvalue weighted by molar-refractivity contribution is -0.118. The van der Waals surface area contributed by atoms with Crippen molar-refractivity contribution in [2.75, 3.05) is 11.9 Å². The average Bonchev–Trinajstić information content (AvgIpc) is 2.69. The standard InChI is InChI=1S/C20H16F2N2O4/c21-20(22)28-17-6-2-1-5-16(17)24-18(25)13-26-14-8-10-15(11-9-14)27-19-7-3-4-12-23-19/h1-12,20H,13H2,(H,24,25). The first kappa shape index (κ1) is 19.1. The van der Waals surface area contributed by atoms with Gasteiger partial charge in [-0.1, -0.05) is 18.2 Å². The molecule has 144 valence electrons. The third kappa shape index (κ3) is 5.66. The quantitative estimate of drug-likeness (QED) is 0.618. The van der Waals surface area contributed by atoms with Gasteiger partial charge >= 0.3 is 6.61 Å². The first-order valence-electron chi connectivity index (χ1n) is 8.25. The van der Waals surface area contributed by atoms with Crippen molar-refractivity contribution in [3.05, 3.63) is 72.9 Å². The first-order valence-corrected chi connectivity index (χ1v) is 8.25. The van der Waals surface area contributed by atoms with Crippen LogP contribution in [-0.2, 0) is 4.79 Å². The third-order valence-electron chi connectivity index (χ3n) is 3.43. The molecule has 1 heterocycles. The SMILES string of the molecule is O=C(COc1ccc(Oc2ccccn2)cc1)Nc1ccccc1OC(F)F. The van der Waals surface area contributed by atoms with Crippen LogP contribution >= 0.6 is 0 Å². The highest BCUT2D eigenvalue weighted by Gasteiger charge is 2.12. The van der Waals surface area contributed by atoms with Crippen molar-refractivity contribution >= 4 is 11.6 Å². The molecule has 1 N–H and O–H groups in total. The van der Waals surface area contributed by atoms with E-state index in [1.54, 1.807) is 48.7 Å². The zero-order chi connectivity index (χ0) is 19.8. The number of pyridine rings is 1. The summed E-state index contributed by atoms with van der Waals surface area (Å²) in [6.45, 7) is -3.29. The van der Waals surface area contributed by atoms with Crippen molar-refractivity contribution in [2.24, 2.45) is 0 Å². The van der Waals surface area contributed by atoms with E-state index < -0.39 is 12.5 Å². The predicted molar refractivity (Wildman–Crippen MR) is 98.0 cm³/mol. The van der Waals surface area contributed by atoms with Crippen LogP contribution in [0.15, 0.2) is 72.9 Å². The number of halogens is 2. The number of carbonyl (C=O) groups is 1. The lowest BCUT2D eigenvalue weighted by Gasteiger charge is -2.12. The van der Waals surface area contributed by atoms with E-state index in [-0.39, 0.29) is 18.0 Å². The van der Waals surface area contributed by atoms with Gasteiger partial charge in [-0.15, -0.1) is 0 Å². The number of rotatable bonds is 8. The number of nitrogens with one attached hydrogen (secondary N) is 1. The first-order chi connectivity index (χ1) is 13.6. The molecular formula is C20H16F2N2O4. The maximum absolute atomic E-state index is 12.4. The van der Waals surface area contributed by atoms with Crippen LogP contribution < -0.4 is 19.5 Å². The molecule has 0 saturated heterocycles. The van der Waals surface area contributed by atoms with E-state index in [0.29, 0.717) is 17.4 Å². The van der Waals surface area contributed by atoms with Crippen molar-refractivity contribution < 1.29 is 27.8 Å². The Hall–Kier alpha value is -3.68. The number of hydrogen-bond acceptors (Lipinski definition) is 5. The third-order valence-corrected chi connectivity index (χ3v) is 3.43. The van der Waals surface area contributed by atoms with Gasteiger partial charge in [0.05, 0.1) is 5.69 Å². The Bertz CT molecular complexity index is 906. The van der Waals surface area contributed by atoms with Crippen LogP contribution in [0, 0.1) is 0 Å². The molecule has 3 aromatic rings. The van der Waals surface area contributed by atoms with Crippen LogP contribution in [0.4, 0.5) is 14.5 Å². The van der Waals surface area contributed by atoms with Gasteiger partial charge in [-0.05, 0) is 42.5 Å². The zero-order valence-corrected chi connectivity index (χ0v) is 14.5. The molecule has 0 unspecified atom stereocenters. The Balaban J connectivity index is 1.52. The van der Waals surface area contributed by atoms with E-state index in [0.717, 1.165) is 0 Å². The molecule has 2 aromatic carbocycles. The highest BCUT2D eigenvalue weighted by Crippen LogP contribution is 2.26. The molecule has 0 aliphatic carbocycles. The fraction of sp³-hybridized carbons (Fsp3) is 0.100. The molecule has 0 atom stereocenters. The molecule has 0 aliphatic rings. The molecule has 0 aliphatic heterocycles. The van der Waals surface area contributed by atoms with Crippen LogP contribution in [0.25, 0.3) is 0 Å². The van der Waals surface area contributed by atoms with Crippen LogP contribution in [0.1, 0.15) is 0 Å². The lowest BCUT2D eigenvalue weighted by Crippen LogP contribution is -2.20. The minimum Gasteiger partial charge on any atom is -0.484 e. The van der Waals surface area contributed by atoms with Crippen molar-refractivity contribution in [3.63, 3.8) is 0 Å². The van der Waals surface area contributed by atoms with E-state index in [1.807, 2.05) is 6.07 Å². The molecule has 8 heteroatoms. The summed E-state index contributed by atoms with van der Waals surface area (Å²) in [5.74, 6) is 0.829. The monoisotopic (exact) mass is 386 g/mol. The van der Waals surface area contributed by atoms with E-state index in [4.69, 9.17) is 9.47 Å². The Morgan fingerprint density at radius 2 is 1.68 bits per heavy atom. The normalized spacial score (nSPS) is 10.4. The topological polar surface area (TPSA) is 69.7 Å². The van der Waals surface area contributed by atoms with E-state index in [1.165, 1.54) is 18.2 Å². The minimum absolute atomic E-state index is 0.123. The summed E-state index contributed by atoms with van der Waals surface area (Å²) in [5, 5.41) is 2.47. The van der Waals surface area contributed by atoms with Gasteiger partial charge in [0.15, 0.2) is 6.61 Å². The number of amides is 1. The number of hydrogen-bond donors (Lipinski definition) is 1. The maximum Gasteiger partial charge on any atom is 0.387 e. The summed E-state index contributed by atoms with van der Waals surface area (Å²) in [7, 11) is 0. The molecule has 3 rings (SSSR count). The predicted octanol–water partition coefficient (Wildman–Crippen LogP) is 4.49. The van der Waals surface area contributed by atoms with Gasteiger partial charge in [0.1, 0.15) is 17.2 Å². The average molecular weight is 386 g/mol. The van der Waals surface area contributed by atoms with Crippen LogP contribution in [0.5, 0.6) is 23.1 Å². The van der Waals surface area contributed by atoms with Crippen molar-refractivity contribution in [2.45, 2.75) is 6.61 Å². The number of aromatic nitrogens is 1. The van der Waals surface area contributed by atoms with Gasteiger partial charge in [0, 0.05) is 12.3 Å². The van der Waals surface area contributed by atoms with Gasteiger partial charge in [0.25, 0.3) is 5.91 Å². The second kappa shape index (κ2) is 9.31. The van der Waals surface area contributed by atoms with Crippen LogP contribution in [-0.4, -0.2) is 24.1 Å². The highest BCUT2D eigenvalue weighted by atomic mass is 19.3. The van der Waals surface area contributed by atoms with Gasteiger partial charge in [-0.2, -0.15) is 8.78 Å². The Kier molecular flexibility index (Phi) is 6.35. The molecule has 28 heavy (non-hydrogen) atoms. The summed E-state index contributed by atoms with van der Waals surface area (Å²) >= 11 is 0. The van der Waals surface area contributed by atoms with Gasteiger partial charge in [-0.3, -0.25) is 4.79 Å². The van der Waals surface area contributed by atoms with E-state index >= 15 is 0 Å². The molecule has 0 bridgehead atoms. The van der Waals surface area contributed by atoms with Gasteiger partial charge < -0.3 is 19.5 Å². The van der Waals surface area contributed by atoms with Crippen molar-refractivity contribution in [1.82, 2.24) is 4.98 Å². The number of alkyl halides is 2. The van der Waals surface area contributed by atoms with Gasteiger partial charge in [0.2, 0.25) is 5.88 Å². The molecule has 1 amide bonds. The van der Waals surface area contributed by atoms with Crippen molar-refractivity contribution in [3.8, 4) is 23.1 Å². The molecule has 0 spiro atoms. The molecular weight excluding hydrogens is 370 g/mol. The van der Waals surface area contributed by atoms with Gasteiger partial charge in [-0.25, -0.2) is 4.98 Å². The summed E-state index contributed by atoms with van der Waals surface area (Å²) in [5.41, 5.74) is 0.135. The zero-order valence-electron chi connectivity index (χ0n) is 14.5. The molecule has 6 nitrogen and oxygen atoms in total. The molecule has 0 saturated carbocycles. The number of nitrogens with zero attached hydrogens (tertiary/aromatic N) is 1. The Labute approximate surface area is 159 Å². The second-order valence-electron chi connectivity index (χ2n) is 5.45. The van der Waals surface area contributed by atoms with E-state index in [9.17, 15) is 13.6 Å². The lowest BCUT2D eigenvalue weighted by atomic mass is 10.3. The summed E-state index contributed by atoms with van der Waals surface area (Å²) in [6.07, 6.45) is 1.62. The second-order valence-corrected chi connectivity index (χ2v) is 5.45. The minimum atomic E-state index is -2.99. The smallest absolute Gasteiger partial charge is 0.387 e. The Morgan fingerprint density at radius 3 is 2.39 bits per heavy atom. The van der Waals surface area contributed by atoms with Crippen LogP contribution in [0.3, 0.4) is 0 Å². The number of carbonyl (C=O) groups excluding carboxylic acids is 1. The highest BCUT2D eigenvalue weighted by molar-refractivity contribution is 5.93. The summed E-state index contributed by atoms with van der Waals surface area (Å²) in [6, 6.07) is 17.9. The fourth-order valence-corrected chi connectivity index (χ4v) is 2.24. The molecule has 1 aromatic heterocycles.